The minimum atomic E-state index is -0.413. The minimum absolute atomic E-state index is 0.413. The van der Waals surface area contributed by atoms with E-state index in [0.29, 0.717) is 5.02 Å². The van der Waals surface area contributed by atoms with E-state index < -0.39 is 6.10 Å². The number of aliphatic hydroxyl groups is 1. The maximum Gasteiger partial charge on any atom is 0.0793 e. The molecule has 1 nitrogen and oxygen atoms in total. The van der Waals surface area contributed by atoms with Gasteiger partial charge in [0.05, 0.1) is 6.10 Å². The van der Waals surface area contributed by atoms with Crippen molar-refractivity contribution in [3.63, 3.8) is 0 Å². The van der Waals surface area contributed by atoms with Crippen LogP contribution in [-0.4, -0.2) is 5.11 Å². The van der Waals surface area contributed by atoms with Crippen molar-refractivity contribution in [1.29, 1.82) is 0 Å². The van der Waals surface area contributed by atoms with Gasteiger partial charge in [-0.25, -0.2) is 0 Å². The second kappa shape index (κ2) is 5.18. The van der Waals surface area contributed by atoms with E-state index >= 15 is 0 Å². The van der Waals surface area contributed by atoms with Gasteiger partial charge in [0.1, 0.15) is 0 Å². The maximum atomic E-state index is 9.78. The lowest BCUT2D eigenvalue weighted by Crippen LogP contribution is -1.97. The molecule has 1 unspecified atom stereocenters. The molecule has 0 heterocycles. The molecule has 0 aliphatic heterocycles. The highest BCUT2D eigenvalue weighted by Gasteiger charge is 2.06. The molecular weight excluding hydrogens is 196 g/mol. The molecule has 0 amide bonds. The Morgan fingerprint density at radius 2 is 2.00 bits per heavy atom. The predicted octanol–water partition coefficient (Wildman–Crippen LogP) is 3.73. The molecule has 0 aliphatic rings. The number of rotatable bonds is 4. The average molecular weight is 211 g/mol. The Hall–Kier alpha value is -0.790. The standard InChI is InChI=1S/C12H15ClO/c1-9(2)3-8-12(14)10-4-6-11(13)7-5-10/h4-7,12,14H,1,3,8H2,2H3. The summed E-state index contributed by atoms with van der Waals surface area (Å²) in [6.07, 6.45) is 1.16. The first kappa shape index (κ1) is 11.3. The predicted molar refractivity (Wildman–Crippen MR) is 60.5 cm³/mol. The summed E-state index contributed by atoms with van der Waals surface area (Å²) in [5.41, 5.74) is 2.01. The highest BCUT2D eigenvalue weighted by Crippen LogP contribution is 2.21. The van der Waals surface area contributed by atoms with Crippen molar-refractivity contribution in [1.82, 2.24) is 0 Å². The molecule has 0 spiro atoms. The molecule has 0 saturated carbocycles. The number of hydrogen-bond donors (Lipinski definition) is 1. The SMILES string of the molecule is C=C(C)CCC(O)c1ccc(Cl)cc1. The summed E-state index contributed by atoms with van der Waals surface area (Å²) in [4.78, 5) is 0. The molecule has 76 valence electrons. The molecule has 14 heavy (non-hydrogen) atoms. The zero-order chi connectivity index (χ0) is 10.6. The van der Waals surface area contributed by atoms with Gasteiger partial charge in [0, 0.05) is 5.02 Å². The summed E-state index contributed by atoms with van der Waals surface area (Å²) in [5, 5.41) is 10.5. The molecule has 1 atom stereocenters. The largest absolute Gasteiger partial charge is 0.388 e. The van der Waals surface area contributed by atoms with Crippen molar-refractivity contribution in [3.05, 3.63) is 47.0 Å². The highest BCUT2D eigenvalue weighted by atomic mass is 35.5. The zero-order valence-electron chi connectivity index (χ0n) is 8.33. The molecule has 1 rings (SSSR count). The summed E-state index contributed by atoms with van der Waals surface area (Å²) in [7, 11) is 0. The van der Waals surface area contributed by atoms with Crippen LogP contribution in [0.25, 0.3) is 0 Å². The third-order valence-electron chi connectivity index (χ3n) is 2.10. The Labute approximate surface area is 90.0 Å². The van der Waals surface area contributed by atoms with Crippen molar-refractivity contribution < 1.29 is 5.11 Å². The molecular formula is C12H15ClO. The molecule has 0 aliphatic carbocycles. The zero-order valence-corrected chi connectivity index (χ0v) is 9.09. The maximum absolute atomic E-state index is 9.78. The van der Waals surface area contributed by atoms with E-state index in [4.69, 9.17) is 11.6 Å². The lowest BCUT2D eigenvalue weighted by molar-refractivity contribution is 0.168. The summed E-state index contributed by atoms with van der Waals surface area (Å²) < 4.78 is 0. The second-order valence-electron chi connectivity index (χ2n) is 3.56. The van der Waals surface area contributed by atoms with Crippen LogP contribution in [0.1, 0.15) is 31.4 Å². The van der Waals surface area contributed by atoms with Crippen LogP contribution in [0.2, 0.25) is 5.02 Å². The van der Waals surface area contributed by atoms with Crippen LogP contribution in [0.3, 0.4) is 0 Å². The molecule has 1 N–H and O–H groups in total. The van der Waals surface area contributed by atoms with Crippen LogP contribution in [0.5, 0.6) is 0 Å². The molecule has 0 bridgehead atoms. The fourth-order valence-corrected chi connectivity index (χ4v) is 1.36. The van der Waals surface area contributed by atoms with Gasteiger partial charge in [-0.3, -0.25) is 0 Å². The van der Waals surface area contributed by atoms with E-state index in [-0.39, 0.29) is 0 Å². The van der Waals surface area contributed by atoms with E-state index in [1.165, 1.54) is 0 Å². The van der Waals surface area contributed by atoms with Crippen molar-refractivity contribution in [2.75, 3.05) is 0 Å². The molecule has 0 radical (unpaired) electrons. The van der Waals surface area contributed by atoms with Crippen LogP contribution in [-0.2, 0) is 0 Å². The third-order valence-corrected chi connectivity index (χ3v) is 2.35. The van der Waals surface area contributed by atoms with Gasteiger partial charge in [-0.1, -0.05) is 29.3 Å². The van der Waals surface area contributed by atoms with Gasteiger partial charge in [-0.2, -0.15) is 0 Å². The summed E-state index contributed by atoms with van der Waals surface area (Å²) in [6.45, 7) is 5.77. The topological polar surface area (TPSA) is 20.2 Å². The van der Waals surface area contributed by atoms with Crippen molar-refractivity contribution in [2.45, 2.75) is 25.9 Å². The third kappa shape index (κ3) is 3.52. The van der Waals surface area contributed by atoms with Crippen LogP contribution in [0.15, 0.2) is 36.4 Å². The van der Waals surface area contributed by atoms with Crippen LogP contribution < -0.4 is 0 Å². The molecule has 1 aromatic carbocycles. The highest BCUT2D eigenvalue weighted by molar-refractivity contribution is 6.30. The number of halogens is 1. The van der Waals surface area contributed by atoms with E-state index in [0.717, 1.165) is 24.0 Å². The monoisotopic (exact) mass is 210 g/mol. The van der Waals surface area contributed by atoms with E-state index in [9.17, 15) is 5.11 Å². The van der Waals surface area contributed by atoms with Crippen molar-refractivity contribution in [3.8, 4) is 0 Å². The molecule has 1 aromatic rings. The van der Waals surface area contributed by atoms with Gasteiger partial charge in [-0.05, 0) is 37.5 Å². The van der Waals surface area contributed by atoms with Gasteiger partial charge in [0.15, 0.2) is 0 Å². The smallest absolute Gasteiger partial charge is 0.0793 e. The summed E-state index contributed by atoms with van der Waals surface area (Å²) >= 11 is 5.75. The minimum Gasteiger partial charge on any atom is -0.388 e. The molecule has 0 fully saturated rings. The average Bonchev–Trinajstić information content (AvgIpc) is 2.15. The Kier molecular flexibility index (Phi) is 4.18. The first-order valence-corrected chi connectivity index (χ1v) is 5.05. The number of allylic oxidation sites excluding steroid dienone is 1. The molecule has 2 heteroatoms. The lowest BCUT2D eigenvalue weighted by atomic mass is 10.0. The van der Waals surface area contributed by atoms with Gasteiger partial charge in [0.2, 0.25) is 0 Å². The van der Waals surface area contributed by atoms with E-state index in [2.05, 4.69) is 6.58 Å². The van der Waals surface area contributed by atoms with Crippen LogP contribution >= 0.6 is 11.6 Å². The Balaban J connectivity index is 2.56. The van der Waals surface area contributed by atoms with Gasteiger partial charge in [0.25, 0.3) is 0 Å². The Bertz CT molecular complexity index is 303. The first-order valence-electron chi connectivity index (χ1n) is 4.67. The van der Waals surface area contributed by atoms with Crippen molar-refractivity contribution >= 4 is 11.6 Å². The normalized spacial score (nSPS) is 12.5. The van der Waals surface area contributed by atoms with E-state index in [1.54, 1.807) is 12.1 Å². The Morgan fingerprint density at radius 1 is 1.43 bits per heavy atom. The number of hydrogen-bond acceptors (Lipinski definition) is 1. The lowest BCUT2D eigenvalue weighted by Gasteiger charge is -2.10. The molecule has 0 saturated heterocycles. The molecule has 0 aromatic heterocycles. The van der Waals surface area contributed by atoms with E-state index in [1.807, 2.05) is 19.1 Å². The number of benzene rings is 1. The fourth-order valence-electron chi connectivity index (χ4n) is 1.23. The van der Waals surface area contributed by atoms with Crippen molar-refractivity contribution in [2.24, 2.45) is 0 Å². The quantitative estimate of drug-likeness (QED) is 0.751. The summed E-state index contributed by atoms with van der Waals surface area (Å²) in [6, 6.07) is 7.29. The van der Waals surface area contributed by atoms with Gasteiger partial charge >= 0.3 is 0 Å². The fraction of sp³-hybridized carbons (Fsp3) is 0.333. The van der Waals surface area contributed by atoms with Gasteiger partial charge in [-0.15, -0.1) is 6.58 Å². The van der Waals surface area contributed by atoms with Crippen LogP contribution in [0, 0.1) is 0 Å². The Morgan fingerprint density at radius 3 is 2.50 bits per heavy atom. The van der Waals surface area contributed by atoms with Crippen LogP contribution in [0.4, 0.5) is 0 Å². The first-order chi connectivity index (χ1) is 6.59. The summed E-state index contributed by atoms with van der Waals surface area (Å²) in [5.74, 6) is 0. The number of aliphatic hydroxyl groups excluding tert-OH is 1. The second-order valence-corrected chi connectivity index (χ2v) is 4.00. The van der Waals surface area contributed by atoms with Gasteiger partial charge < -0.3 is 5.11 Å².